The smallest absolute Gasteiger partial charge is 0.0762 e. The monoisotopic (exact) mass is 230 g/mol. The molecule has 17 heavy (non-hydrogen) atoms. The third-order valence-corrected chi connectivity index (χ3v) is 3.29. The van der Waals surface area contributed by atoms with Crippen molar-refractivity contribution in [1.29, 1.82) is 0 Å². The quantitative estimate of drug-likeness (QED) is 0.691. The van der Waals surface area contributed by atoms with Crippen molar-refractivity contribution >= 4 is 0 Å². The van der Waals surface area contributed by atoms with Gasteiger partial charge >= 0.3 is 0 Å². The fraction of sp³-hybridized carbons (Fsp3) is 0.500. The molecule has 0 unspecified atom stereocenters. The second kappa shape index (κ2) is 6.61. The van der Waals surface area contributed by atoms with Gasteiger partial charge in [0, 0.05) is 0 Å². The molecule has 0 bridgehead atoms. The van der Waals surface area contributed by atoms with E-state index >= 15 is 0 Å². The Balaban J connectivity index is 1.79. The first-order valence-electron chi connectivity index (χ1n) is 6.74. The Morgan fingerprint density at radius 3 is 2.76 bits per heavy atom. The largest absolute Gasteiger partial charge is 0.371 e. The van der Waals surface area contributed by atoms with Crippen LogP contribution in [0, 0.1) is 0 Å². The summed E-state index contributed by atoms with van der Waals surface area (Å²) in [6.07, 6.45) is 11.0. The van der Waals surface area contributed by atoms with Gasteiger partial charge in [0.1, 0.15) is 0 Å². The van der Waals surface area contributed by atoms with Gasteiger partial charge in [-0.1, -0.05) is 55.8 Å². The van der Waals surface area contributed by atoms with Gasteiger partial charge in [0.25, 0.3) is 0 Å². The van der Waals surface area contributed by atoms with Gasteiger partial charge in [-0.2, -0.15) is 0 Å². The SMILES string of the molecule is CCC[C@H]1CC=C[C@H](CCc2ccccc2)O1. The number of hydrogen-bond donors (Lipinski definition) is 0. The van der Waals surface area contributed by atoms with E-state index in [-0.39, 0.29) is 0 Å². The normalized spacial score (nSPS) is 23.8. The molecule has 1 heterocycles. The van der Waals surface area contributed by atoms with Crippen molar-refractivity contribution in [2.24, 2.45) is 0 Å². The molecule has 0 amide bonds. The van der Waals surface area contributed by atoms with Gasteiger partial charge in [0.15, 0.2) is 0 Å². The lowest BCUT2D eigenvalue weighted by molar-refractivity contribution is -0.00210. The number of ether oxygens (including phenoxy) is 1. The van der Waals surface area contributed by atoms with Crippen molar-refractivity contribution in [3.63, 3.8) is 0 Å². The van der Waals surface area contributed by atoms with E-state index in [4.69, 9.17) is 4.74 Å². The maximum atomic E-state index is 6.06. The molecule has 2 rings (SSSR count). The summed E-state index contributed by atoms with van der Waals surface area (Å²) in [5, 5.41) is 0. The number of hydrogen-bond acceptors (Lipinski definition) is 1. The maximum Gasteiger partial charge on any atom is 0.0762 e. The molecule has 1 heteroatoms. The van der Waals surface area contributed by atoms with E-state index in [9.17, 15) is 0 Å². The molecule has 0 aliphatic carbocycles. The van der Waals surface area contributed by atoms with E-state index in [0.29, 0.717) is 12.2 Å². The van der Waals surface area contributed by atoms with Crippen molar-refractivity contribution in [3.8, 4) is 0 Å². The first kappa shape index (κ1) is 12.4. The van der Waals surface area contributed by atoms with Gasteiger partial charge in [-0.15, -0.1) is 0 Å². The lowest BCUT2D eigenvalue weighted by Crippen LogP contribution is -2.24. The lowest BCUT2D eigenvalue weighted by atomic mass is 10.0. The molecule has 0 fully saturated rings. The molecule has 1 aliphatic heterocycles. The summed E-state index contributed by atoms with van der Waals surface area (Å²) >= 11 is 0. The highest BCUT2D eigenvalue weighted by Gasteiger charge is 2.16. The highest BCUT2D eigenvalue weighted by molar-refractivity contribution is 5.15. The van der Waals surface area contributed by atoms with Gasteiger partial charge in [-0.25, -0.2) is 0 Å². The van der Waals surface area contributed by atoms with E-state index in [2.05, 4.69) is 49.4 Å². The average molecular weight is 230 g/mol. The highest BCUT2D eigenvalue weighted by Crippen LogP contribution is 2.19. The van der Waals surface area contributed by atoms with E-state index in [0.717, 1.165) is 19.3 Å². The molecule has 0 aromatic heterocycles. The van der Waals surface area contributed by atoms with Crippen LogP contribution in [0.15, 0.2) is 42.5 Å². The molecule has 1 aromatic rings. The number of rotatable bonds is 5. The average Bonchev–Trinajstić information content (AvgIpc) is 2.39. The van der Waals surface area contributed by atoms with Crippen LogP contribution in [-0.2, 0) is 11.2 Å². The summed E-state index contributed by atoms with van der Waals surface area (Å²) in [7, 11) is 0. The zero-order valence-electron chi connectivity index (χ0n) is 10.6. The second-order valence-corrected chi connectivity index (χ2v) is 4.77. The Bertz CT molecular complexity index is 342. The Morgan fingerprint density at radius 1 is 1.18 bits per heavy atom. The predicted molar refractivity (Wildman–Crippen MR) is 72.1 cm³/mol. The Kier molecular flexibility index (Phi) is 4.81. The fourth-order valence-electron chi connectivity index (χ4n) is 2.36. The molecule has 0 saturated heterocycles. The minimum Gasteiger partial charge on any atom is -0.371 e. The summed E-state index contributed by atoms with van der Waals surface area (Å²) in [5.41, 5.74) is 1.40. The van der Waals surface area contributed by atoms with Crippen molar-refractivity contribution in [2.45, 2.75) is 51.2 Å². The molecular formula is C16H22O. The van der Waals surface area contributed by atoms with Crippen LogP contribution in [-0.4, -0.2) is 12.2 Å². The van der Waals surface area contributed by atoms with E-state index in [1.165, 1.54) is 18.4 Å². The Labute approximate surface area is 104 Å². The lowest BCUT2D eigenvalue weighted by Gasteiger charge is -2.25. The Hall–Kier alpha value is -1.08. The summed E-state index contributed by atoms with van der Waals surface area (Å²) in [6.45, 7) is 2.22. The van der Waals surface area contributed by atoms with Crippen LogP contribution in [0.3, 0.4) is 0 Å². The van der Waals surface area contributed by atoms with Crippen molar-refractivity contribution in [3.05, 3.63) is 48.0 Å². The minimum atomic E-state index is 0.320. The third-order valence-electron chi connectivity index (χ3n) is 3.29. The molecule has 2 atom stereocenters. The maximum absolute atomic E-state index is 6.06. The molecule has 1 aromatic carbocycles. The van der Waals surface area contributed by atoms with Crippen molar-refractivity contribution in [2.75, 3.05) is 0 Å². The fourth-order valence-corrected chi connectivity index (χ4v) is 2.36. The van der Waals surface area contributed by atoms with Crippen LogP contribution < -0.4 is 0 Å². The molecule has 0 spiro atoms. The topological polar surface area (TPSA) is 9.23 Å². The number of aryl methyl sites for hydroxylation is 1. The van der Waals surface area contributed by atoms with E-state index in [1.807, 2.05) is 0 Å². The van der Waals surface area contributed by atoms with Crippen LogP contribution in [0.25, 0.3) is 0 Å². The molecule has 0 saturated carbocycles. The van der Waals surface area contributed by atoms with Crippen LogP contribution in [0.5, 0.6) is 0 Å². The molecule has 1 nitrogen and oxygen atoms in total. The van der Waals surface area contributed by atoms with Gasteiger partial charge in [-0.05, 0) is 31.2 Å². The molecule has 0 radical (unpaired) electrons. The highest BCUT2D eigenvalue weighted by atomic mass is 16.5. The second-order valence-electron chi connectivity index (χ2n) is 4.77. The molecule has 1 aliphatic rings. The first-order valence-corrected chi connectivity index (χ1v) is 6.74. The Morgan fingerprint density at radius 2 is 2.00 bits per heavy atom. The summed E-state index contributed by atoms with van der Waals surface area (Å²) in [6, 6.07) is 10.7. The van der Waals surface area contributed by atoms with E-state index < -0.39 is 0 Å². The predicted octanol–water partition coefficient (Wildman–Crippen LogP) is 4.13. The molecular weight excluding hydrogens is 208 g/mol. The summed E-state index contributed by atoms with van der Waals surface area (Å²) in [4.78, 5) is 0. The minimum absolute atomic E-state index is 0.320. The molecule has 92 valence electrons. The standard InChI is InChI=1S/C16H22O/c1-2-7-15-10-6-11-16(17-15)13-12-14-8-4-3-5-9-14/h3-6,8-9,11,15-16H,2,7,10,12-13H2,1H3/t15-,16+/m0/s1. The van der Waals surface area contributed by atoms with E-state index in [1.54, 1.807) is 0 Å². The van der Waals surface area contributed by atoms with Crippen molar-refractivity contribution < 1.29 is 4.74 Å². The summed E-state index contributed by atoms with van der Waals surface area (Å²) in [5.74, 6) is 0. The van der Waals surface area contributed by atoms with Crippen LogP contribution in [0.1, 0.15) is 38.2 Å². The third kappa shape index (κ3) is 4.01. The van der Waals surface area contributed by atoms with Crippen LogP contribution in [0.4, 0.5) is 0 Å². The number of benzene rings is 1. The van der Waals surface area contributed by atoms with Crippen LogP contribution >= 0.6 is 0 Å². The van der Waals surface area contributed by atoms with Crippen molar-refractivity contribution in [1.82, 2.24) is 0 Å². The van der Waals surface area contributed by atoms with Gasteiger partial charge in [-0.3, -0.25) is 0 Å². The van der Waals surface area contributed by atoms with Gasteiger partial charge in [0.2, 0.25) is 0 Å². The molecule has 0 N–H and O–H groups in total. The van der Waals surface area contributed by atoms with Crippen LogP contribution in [0.2, 0.25) is 0 Å². The van der Waals surface area contributed by atoms with Gasteiger partial charge < -0.3 is 4.74 Å². The zero-order chi connectivity index (χ0) is 11.9. The first-order chi connectivity index (χ1) is 8.38. The summed E-state index contributed by atoms with van der Waals surface area (Å²) < 4.78 is 6.06. The zero-order valence-corrected chi connectivity index (χ0v) is 10.6. The van der Waals surface area contributed by atoms with Gasteiger partial charge in [0.05, 0.1) is 12.2 Å².